The molecular formula is C14H19N3O3. The van der Waals surface area contributed by atoms with Crippen molar-refractivity contribution < 1.29 is 14.0 Å². The highest BCUT2D eigenvalue weighted by molar-refractivity contribution is 5.96. The Kier molecular flexibility index (Phi) is 3.46. The van der Waals surface area contributed by atoms with Crippen molar-refractivity contribution >= 4 is 11.8 Å². The summed E-state index contributed by atoms with van der Waals surface area (Å²) in [5, 5.41) is 3.00. The molecule has 2 amide bonds. The van der Waals surface area contributed by atoms with Crippen molar-refractivity contribution in [2.45, 2.75) is 51.1 Å². The van der Waals surface area contributed by atoms with Gasteiger partial charge in [-0.3, -0.25) is 9.59 Å². The molecule has 0 aromatic carbocycles. The molecule has 2 aliphatic rings. The largest absolute Gasteiger partial charge is 0.448 e. The summed E-state index contributed by atoms with van der Waals surface area (Å²) in [5.41, 5.74) is 0.353. The number of nitrogens with zero attached hydrogens (tertiary/aromatic N) is 2. The van der Waals surface area contributed by atoms with Gasteiger partial charge in [0.05, 0.1) is 6.04 Å². The van der Waals surface area contributed by atoms with Gasteiger partial charge in [0.1, 0.15) is 12.3 Å². The van der Waals surface area contributed by atoms with E-state index in [4.69, 9.17) is 4.42 Å². The molecule has 1 saturated carbocycles. The second-order valence-electron chi connectivity index (χ2n) is 5.44. The summed E-state index contributed by atoms with van der Waals surface area (Å²) in [6, 6.07) is 0.182. The van der Waals surface area contributed by atoms with Crippen LogP contribution in [0.25, 0.3) is 0 Å². The summed E-state index contributed by atoms with van der Waals surface area (Å²) in [5.74, 6) is 0.332. The van der Waals surface area contributed by atoms with E-state index in [1.54, 1.807) is 4.90 Å². The summed E-state index contributed by atoms with van der Waals surface area (Å²) in [4.78, 5) is 30.2. The first kappa shape index (κ1) is 13.1. The van der Waals surface area contributed by atoms with Gasteiger partial charge in [0.2, 0.25) is 5.91 Å². The Morgan fingerprint density at radius 3 is 3.10 bits per heavy atom. The fourth-order valence-corrected chi connectivity index (χ4v) is 3.23. The number of aromatic nitrogens is 1. The number of amides is 2. The van der Waals surface area contributed by atoms with Gasteiger partial charge in [-0.2, -0.15) is 0 Å². The topological polar surface area (TPSA) is 75.4 Å². The van der Waals surface area contributed by atoms with Crippen LogP contribution >= 0.6 is 0 Å². The van der Waals surface area contributed by atoms with E-state index in [1.165, 1.54) is 6.39 Å². The molecule has 2 fully saturated rings. The van der Waals surface area contributed by atoms with Gasteiger partial charge >= 0.3 is 0 Å². The number of oxazole rings is 1. The predicted octanol–water partition coefficient (Wildman–Crippen LogP) is 1.12. The first-order valence-corrected chi connectivity index (χ1v) is 7.23. The van der Waals surface area contributed by atoms with E-state index in [1.807, 2.05) is 6.92 Å². The fourth-order valence-electron chi connectivity index (χ4n) is 3.23. The molecule has 0 bridgehead atoms. The Balaban J connectivity index is 1.87. The van der Waals surface area contributed by atoms with Crippen molar-refractivity contribution in [3.63, 3.8) is 0 Å². The monoisotopic (exact) mass is 277 g/mol. The molecule has 2 heterocycles. The molecule has 6 nitrogen and oxygen atoms in total. The number of fused-ring (bicyclic) bond motifs is 1. The number of rotatable bonds is 2. The molecule has 20 heavy (non-hydrogen) atoms. The normalized spacial score (nSPS) is 26.1. The maximum absolute atomic E-state index is 12.7. The summed E-state index contributed by atoms with van der Waals surface area (Å²) in [6.45, 7) is 2.04. The highest BCUT2D eigenvalue weighted by Crippen LogP contribution is 2.27. The van der Waals surface area contributed by atoms with Gasteiger partial charge in [0, 0.05) is 12.5 Å². The van der Waals surface area contributed by atoms with Crippen LogP contribution in [0.2, 0.25) is 0 Å². The van der Waals surface area contributed by atoms with Gasteiger partial charge in [-0.05, 0) is 12.8 Å². The average Bonchev–Trinajstić information content (AvgIpc) is 2.94. The zero-order chi connectivity index (χ0) is 14.1. The average molecular weight is 277 g/mol. The third kappa shape index (κ3) is 2.19. The van der Waals surface area contributed by atoms with Crippen LogP contribution in [0.1, 0.15) is 48.9 Å². The van der Waals surface area contributed by atoms with E-state index in [-0.39, 0.29) is 30.4 Å². The number of nitrogens with one attached hydrogen (secondary N) is 1. The van der Waals surface area contributed by atoms with Crippen LogP contribution < -0.4 is 5.32 Å². The van der Waals surface area contributed by atoms with E-state index in [2.05, 4.69) is 10.3 Å². The van der Waals surface area contributed by atoms with Crippen molar-refractivity contribution in [2.24, 2.45) is 0 Å². The van der Waals surface area contributed by atoms with E-state index < -0.39 is 0 Å². The van der Waals surface area contributed by atoms with Crippen LogP contribution in [-0.2, 0) is 11.2 Å². The molecular weight excluding hydrogens is 258 g/mol. The van der Waals surface area contributed by atoms with E-state index in [0.717, 1.165) is 25.7 Å². The van der Waals surface area contributed by atoms with Crippen LogP contribution in [0.5, 0.6) is 0 Å². The minimum atomic E-state index is -0.178. The van der Waals surface area contributed by atoms with E-state index in [9.17, 15) is 9.59 Å². The molecule has 0 spiro atoms. The van der Waals surface area contributed by atoms with Crippen molar-refractivity contribution in [3.8, 4) is 0 Å². The third-order valence-electron chi connectivity index (χ3n) is 4.22. The molecule has 0 radical (unpaired) electrons. The lowest BCUT2D eigenvalue weighted by molar-refractivity contribution is -0.127. The zero-order valence-electron chi connectivity index (χ0n) is 11.6. The summed E-state index contributed by atoms with van der Waals surface area (Å²) in [7, 11) is 0. The van der Waals surface area contributed by atoms with E-state index in [0.29, 0.717) is 17.9 Å². The van der Waals surface area contributed by atoms with Gasteiger partial charge in [-0.25, -0.2) is 4.98 Å². The molecule has 0 unspecified atom stereocenters. The molecule has 108 valence electrons. The lowest BCUT2D eigenvalue weighted by Gasteiger charge is -2.43. The molecule has 1 saturated heterocycles. The summed E-state index contributed by atoms with van der Waals surface area (Å²) < 4.78 is 5.23. The zero-order valence-corrected chi connectivity index (χ0v) is 11.6. The van der Waals surface area contributed by atoms with Crippen molar-refractivity contribution in [1.29, 1.82) is 0 Å². The Bertz CT molecular complexity index is 525. The van der Waals surface area contributed by atoms with Crippen LogP contribution in [0, 0.1) is 0 Å². The lowest BCUT2D eigenvalue weighted by atomic mass is 9.87. The maximum atomic E-state index is 12.7. The number of aryl methyl sites for hydroxylation is 1. The van der Waals surface area contributed by atoms with Crippen molar-refractivity contribution in [2.75, 3.05) is 6.54 Å². The Morgan fingerprint density at radius 1 is 1.50 bits per heavy atom. The Hall–Kier alpha value is -1.85. The third-order valence-corrected chi connectivity index (χ3v) is 4.22. The molecule has 2 atom stereocenters. The van der Waals surface area contributed by atoms with Crippen LogP contribution in [0.4, 0.5) is 0 Å². The molecule has 6 heteroatoms. The standard InChI is InChI=1S/C14H19N3O3/c1-2-11-13(15-8-20-11)14(19)17-7-12(18)16-9-5-3-4-6-10(9)17/h8-10H,2-7H2,1H3,(H,16,18)/t9-,10+/m1/s1. The minimum absolute atomic E-state index is 0.0805. The van der Waals surface area contributed by atoms with Crippen LogP contribution in [-0.4, -0.2) is 40.3 Å². The van der Waals surface area contributed by atoms with Gasteiger partial charge in [-0.1, -0.05) is 19.8 Å². The molecule has 1 aromatic rings. The van der Waals surface area contributed by atoms with E-state index >= 15 is 0 Å². The van der Waals surface area contributed by atoms with Gasteiger partial charge in [0.25, 0.3) is 5.91 Å². The number of hydrogen-bond acceptors (Lipinski definition) is 4. The van der Waals surface area contributed by atoms with Gasteiger partial charge in [0.15, 0.2) is 12.1 Å². The minimum Gasteiger partial charge on any atom is -0.448 e. The smallest absolute Gasteiger partial charge is 0.276 e. The number of hydrogen-bond donors (Lipinski definition) is 1. The number of carbonyl (C=O) groups is 2. The second kappa shape index (κ2) is 5.26. The molecule has 1 N–H and O–H groups in total. The molecule has 1 aliphatic heterocycles. The highest BCUT2D eigenvalue weighted by atomic mass is 16.3. The SMILES string of the molecule is CCc1ocnc1C(=O)N1CC(=O)N[C@@H]2CCCC[C@@H]21. The predicted molar refractivity (Wildman–Crippen MR) is 71.1 cm³/mol. The Labute approximate surface area is 117 Å². The number of carbonyl (C=O) groups excluding carboxylic acids is 2. The maximum Gasteiger partial charge on any atom is 0.276 e. The van der Waals surface area contributed by atoms with Crippen LogP contribution in [0.15, 0.2) is 10.8 Å². The number of piperazine rings is 1. The quantitative estimate of drug-likeness (QED) is 0.879. The summed E-state index contributed by atoms with van der Waals surface area (Å²) >= 11 is 0. The van der Waals surface area contributed by atoms with Crippen molar-refractivity contribution in [1.82, 2.24) is 15.2 Å². The van der Waals surface area contributed by atoms with Gasteiger partial charge in [-0.15, -0.1) is 0 Å². The lowest BCUT2D eigenvalue weighted by Crippen LogP contribution is -2.63. The first-order valence-electron chi connectivity index (χ1n) is 7.23. The fraction of sp³-hybridized carbons (Fsp3) is 0.643. The first-order chi connectivity index (χ1) is 9.70. The molecule has 3 rings (SSSR count). The molecule has 1 aromatic heterocycles. The highest BCUT2D eigenvalue weighted by Gasteiger charge is 2.40. The Morgan fingerprint density at radius 2 is 2.30 bits per heavy atom. The summed E-state index contributed by atoms with van der Waals surface area (Å²) in [6.07, 6.45) is 6.01. The second-order valence-corrected chi connectivity index (χ2v) is 5.44. The molecule has 1 aliphatic carbocycles. The van der Waals surface area contributed by atoms with Crippen LogP contribution in [0.3, 0.4) is 0 Å². The van der Waals surface area contributed by atoms with Gasteiger partial charge < -0.3 is 14.6 Å². The van der Waals surface area contributed by atoms with Crippen molar-refractivity contribution in [3.05, 3.63) is 17.8 Å².